The van der Waals surface area contributed by atoms with Crippen molar-refractivity contribution in [2.45, 2.75) is 6.54 Å². The van der Waals surface area contributed by atoms with Crippen LogP contribution in [0.15, 0.2) is 48.8 Å². The van der Waals surface area contributed by atoms with E-state index >= 15 is 0 Å². The lowest BCUT2D eigenvalue weighted by Crippen LogP contribution is -2.47. The molecule has 1 aromatic carbocycles. The second-order valence-corrected chi connectivity index (χ2v) is 6.36. The number of nitrogens with zero attached hydrogens (tertiary/aromatic N) is 3. The number of halogens is 2. The first-order valence-electron chi connectivity index (χ1n) is 8.15. The van der Waals surface area contributed by atoms with Crippen LogP contribution in [0.2, 0.25) is 5.02 Å². The normalized spacial score (nSPS) is 15.7. The summed E-state index contributed by atoms with van der Waals surface area (Å²) >= 11 is 6.08. The smallest absolute Gasteiger partial charge is 0.246 e. The van der Waals surface area contributed by atoms with Gasteiger partial charge in [-0.15, -0.1) is 0 Å². The fourth-order valence-electron chi connectivity index (χ4n) is 2.76. The van der Waals surface area contributed by atoms with Crippen molar-refractivity contribution in [3.63, 3.8) is 0 Å². The minimum absolute atomic E-state index is 0.00307. The third kappa shape index (κ3) is 4.87. The summed E-state index contributed by atoms with van der Waals surface area (Å²) in [4.78, 5) is 20.3. The molecule has 25 heavy (non-hydrogen) atoms. The summed E-state index contributed by atoms with van der Waals surface area (Å²) in [5, 5.41) is 0.443. The maximum absolute atomic E-state index is 13.1. The highest BCUT2D eigenvalue weighted by Crippen LogP contribution is 2.19. The lowest BCUT2D eigenvalue weighted by molar-refractivity contribution is -0.127. The van der Waals surface area contributed by atoms with E-state index in [2.05, 4.69) is 9.88 Å². The molecule has 1 aliphatic rings. The van der Waals surface area contributed by atoms with Crippen LogP contribution in [0.4, 0.5) is 4.39 Å². The summed E-state index contributed by atoms with van der Waals surface area (Å²) < 4.78 is 13.1. The van der Waals surface area contributed by atoms with Crippen molar-refractivity contribution >= 4 is 23.6 Å². The molecule has 0 aliphatic carbocycles. The largest absolute Gasteiger partial charge is 0.337 e. The van der Waals surface area contributed by atoms with Gasteiger partial charge >= 0.3 is 0 Å². The van der Waals surface area contributed by atoms with Crippen molar-refractivity contribution in [1.29, 1.82) is 0 Å². The fraction of sp³-hybridized carbons (Fsp3) is 0.263. The molecule has 0 unspecified atom stereocenters. The van der Waals surface area contributed by atoms with E-state index in [1.54, 1.807) is 30.6 Å². The van der Waals surface area contributed by atoms with E-state index in [1.807, 2.05) is 17.0 Å². The SMILES string of the molecule is O=C(C=Cc1cccnc1)N1CCN(Cc2ccc(F)cc2Cl)CC1. The van der Waals surface area contributed by atoms with Crippen LogP contribution in [0.25, 0.3) is 6.08 Å². The lowest BCUT2D eigenvalue weighted by Gasteiger charge is -2.34. The monoisotopic (exact) mass is 359 g/mol. The highest BCUT2D eigenvalue weighted by atomic mass is 35.5. The standard InChI is InChI=1S/C19H19ClFN3O/c20-18-12-17(21)5-4-16(18)14-23-8-10-24(11-9-23)19(25)6-3-15-2-1-7-22-13-15/h1-7,12-13H,8-11,14H2. The lowest BCUT2D eigenvalue weighted by atomic mass is 10.2. The Morgan fingerprint density at radius 3 is 2.72 bits per heavy atom. The van der Waals surface area contributed by atoms with Crippen LogP contribution in [0.5, 0.6) is 0 Å². The highest BCUT2D eigenvalue weighted by molar-refractivity contribution is 6.31. The Labute approximate surface area is 151 Å². The fourth-order valence-corrected chi connectivity index (χ4v) is 2.99. The number of benzene rings is 1. The van der Waals surface area contributed by atoms with Crippen LogP contribution in [-0.2, 0) is 11.3 Å². The molecule has 1 fully saturated rings. The van der Waals surface area contributed by atoms with Crippen LogP contribution in [-0.4, -0.2) is 46.9 Å². The maximum atomic E-state index is 13.1. The van der Waals surface area contributed by atoms with Gasteiger partial charge in [0.05, 0.1) is 0 Å². The molecule has 0 radical (unpaired) electrons. The number of carbonyl (C=O) groups excluding carboxylic acids is 1. The summed E-state index contributed by atoms with van der Waals surface area (Å²) in [5.41, 5.74) is 1.81. The van der Waals surface area contributed by atoms with Gasteiger partial charge in [0, 0.05) is 56.2 Å². The molecule has 0 spiro atoms. The third-order valence-corrected chi connectivity index (χ3v) is 4.55. The molecule has 0 saturated carbocycles. The predicted molar refractivity (Wildman–Crippen MR) is 96.5 cm³/mol. The summed E-state index contributed by atoms with van der Waals surface area (Å²) in [5.74, 6) is -0.326. The molecule has 1 aliphatic heterocycles. The van der Waals surface area contributed by atoms with Gasteiger partial charge in [-0.3, -0.25) is 14.7 Å². The second kappa shape index (κ2) is 8.23. The number of hydrogen-bond acceptors (Lipinski definition) is 3. The Morgan fingerprint density at radius 1 is 1.24 bits per heavy atom. The summed E-state index contributed by atoms with van der Waals surface area (Å²) in [6.07, 6.45) is 6.78. The summed E-state index contributed by atoms with van der Waals surface area (Å²) in [6.45, 7) is 3.51. The van der Waals surface area contributed by atoms with E-state index in [4.69, 9.17) is 11.6 Å². The second-order valence-electron chi connectivity index (χ2n) is 5.96. The third-order valence-electron chi connectivity index (χ3n) is 4.20. The van der Waals surface area contributed by atoms with E-state index < -0.39 is 0 Å². The van der Waals surface area contributed by atoms with Crippen molar-refractivity contribution in [2.24, 2.45) is 0 Å². The zero-order valence-corrected chi connectivity index (χ0v) is 14.5. The first kappa shape index (κ1) is 17.6. The molecule has 2 heterocycles. The van der Waals surface area contributed by atoms with Crippen LogP contribution < -0.4 is 0 Å². The van der Waals surface area contributed by atoms with E-state index in [0.29, 0.717) is 24.7 Å². The average molecular weight is 360 g/mol. The number of amides is 1. The van der Waals surface area contributed by atoms with E-state index in [1.165, 1.54) is 12.1 Å². The van der Waals surface area contributed by atoms with Crippen molar-refractivity contribution in [3.05, 3.63) is 70.8 Å². The van der Waals surface area contributed by atoms with Crippen LogP contribution in [0.3, 0.4) is 0 Å². The van der Waals surface area contributed by atoms with Crippen LogP contribution in [0, 0.1) is 5.82 Å². The topological polar surface area (TPSA) is 36.4 Å². The van der Waals surface area contributed by atoms with Crippen LogP contribution in [0.1, 0.15) is 11.1 Å². The minimum atomic E-state index is -0.329. The Balaban J connectivity index is 1.51. The van der Waals surface area contributed by atoms with Crippen molar-refractivity contribution in [2.75, 3.05) is 26.2 Å². The Kier molecular flexibility index (Phi) is 5.79. The van der Waals surface area contributed by atoms with E-state index in [-0.39, 0.29) is 11.7 Å². The zero-order valence-electron chi connectivity index (χ0n) is 13.7. The zero-order chi connectivity index (χ0) is 17.6. The molecule has 0 atom stereocenters. The molecule has 1 saturated heterocycles. The molecule has 6 heteroatoms. The van der Waals surface area contributed by atoms with E-state index in [9.17, 15) is 9.18 Å². The number of piperazine rings is 1. The molecule has 0 N–H and O–H groups in total. The highest BCUT2D eigenvalue weighted by Gasteiger charge is 2.20. The van der Waals surface area contributed by atoms with Gasteiger partial charge in [0.1, 0.15) is 5.82 Å². The summed E-state index contributed by atoms with van der Waals surface area (Å²) in [6, 6.07) is 8.21. The predicted octanol–water partition coefficient (Wildman–Crippen LogP) is 3.23. The first-order chi connectivity index (χ1) is 12.1. The van der Waals surface area contributed by atoms with Gasteiger partial charge in [-0.25, -0.2) is 4.39 Å². The Hall–Kier alpha value is -2.24. The molecule has 0 bridgehead atoms. The number of carbonyl (C=O) groups is 1. The van der Waals surface area contributed by atoms with Gasteiger partial charge in [-0.05, 0) is 35.4 Å². The Morgan fingerprint density at radius 2 is 2.04 bits per heavy atom. The van der Waals surface area contributed by atoms with E-state index in [0.717, 1.165) is 24.2 Å². The first-order valence-corrected chi connectivity index (χ1v) is 8.53. The molecule has 1 amide bonds. The minimum Gasteiger partial charge on any atom is -0.337 e. The van der Waals surface area contributed by atoms with Crippen molar-refractivity contribution < 1.29 is 9.18 Å². The van der Waals surface area contributed by atoms with Gasteiger partial charge in [-0.1, -0.05) is 23.7 Å². The van der Waals surface area contributed by atoms with Gasteiger partial charge < -0.3 is 4.90 Å². The number of aromatic nitrogens is 1. The van der Waals surface area contributed by atoms with Gasteiger partial charge in [0.25, 0.3) is 0 Å². The van der Waals surface area contributed by atoms with Gasteiger partial charge in [0.15, 0.2) is 0 Å². The van der Waals surface area contributed by atoms with Crippen LogP contribution >= 0.6 is 11.6 Å². The summed E-state index contributed by atoms with van der Waals surface area (Å²) in [7, 11) is 0. The molecule has 3 rings (SSSR count). The average Bonchev–Trinajstić information content (AvgIpc) is 2.63. The molecule has 2 aromatic rings. The van der Waals surface area contributed by atoms with Crippen molar-refractivity contribution in [3.8, 4) is 0 Å². The molecule has 4 nitrogen and oxygen atoms in total. The van der Waals surface area contributed by atoms with Gasteiger partial charge in [0.2, 0.25) is 5.91 Å². The number of rotatable bonds is 4. The maximum Gasteiger partial charge on any atom is 0.246 e. The number of pyridine rings is 1. The van der Waals surface area contributed by atoms with Crippen molar-refractivity contribution in [1.82, 2.24) is 14.8 Å². The van der Waals surface area contributed by atoms with Gasteiger partial charge in [-0.2, -0.15) is 0 Å². The molecular weight excluding hydrogens is 341 g/mol. The quantitative estimate of drug-likeness (QED) is 0.786. The molecular formula is C19H19ClFN3O. The molecule has 1 aromatic heterocycles. The Bertz CT molecular complexity index is 759. The number of hydrogen-bond donors (Lipinski definition) is 0. The molecule has 130 valence electrons.